The standard InChI is InChI=1S/C26H32ClF3N6O3/c1-4-20(31-2)23(35-11-5-6-12-35)25(38)36(34-24(32-3)17-9-13-39-14-10-17)16-22(37)33-21-8-7-18(15-19(21)27)26(28,29)30/h7-9,15,31H,3-6,10-14,16H2,1-2H3,(H,33,37)/b23-20+,34-24-. The van der Waals surface area contributed by atoms with Crippen LogP contribution in [-0.2, 0) is 20.5 Å². The molecule has 212 valence electrons. The zero-order chi connectivity index (χ0) is 28.6. The molecule has 39 heavy (non-hydrogen) atoms. The Labute approximate surface area is 230 Å². The highest BCUT2D eigenvalue weighted by molar-refractivity contribution is 6.33. The van der Waals surface area contributed by atoms with Crippen LogP contribution in [0.15, 0.2) is 51.3 Å². The van der Waals surface area contributed by atoms with Gasteiger partial charge in [-0.2, -0.15) is 13.2 Å². The van der Waals surface area contributed by atoms with Crippen LogP contribution in [-0.4, -0.2) is 74.2 Å². The molecule has 3 rings (SSSR count). The van der Waals surface area contributed by atoms with E-state index in [2.05, 4.69) is 27.4 Å². The van der Waals surface area contributed by atoms with Gasteiger partial charge in [0.25, 0.3) is 5.91 Å². The molecule has 0 radical (unpaired) electrons. The second-order valence-corrected chi connectivity index (χ2v) is 9.27. The number of hydrazone groups is 1. The van der Waals surface area contributed by atoms with E-state index in [9.17, 15) is 22.8 Å². The van der Waals surface area contributed by atoms with E-state index in [1.54, 1.807) is 13.1 Å². The minimum Gasteiger partial charge on any atom is -0.390 e. The quantitative estimate of drug-likeness (QED) is 0.199. The Morgan fingerprint density at radius 3 is 2.51 bits per heavy atom. The minimum absolute atomic E-state index is 0.0277. The van der Waals surface area contributed by atoms with Gasteiger partial charge in [0.15, 0.2) is 5.84 Å². The molecule has 0 aliphatic carbocycles. The van der Waals surface area contributed by atoms with Crippen molar-refractivity contribution in [2.75, 3.05) is 45.2 Å². The maximum Gasteiger partial charge on any atom is 0.416 e. The fourth-order valence-electron chi connectivity index (χ4n) is 4.29. The lowest BCUT2D eigenvalue weighted by Gasteiger charge is -2.28. The molecule has 0 unspecified atom stereocenters. The lowest BCUT2D eigenvalue weighted by Crippen LogP contribution is -2.41. The minimum atomic E-state index is -4.58. The predicted molar refractivity (Wildman–Crippen MR) is 144 cm³/mol. The summed E-state index contributed by atoms with van der Waals surface area (Å²) in [7, 11) is 1.72. The molecular formula is C26H32ClF3N6O3. The maximum absolute atomic E-state index is 14.0. The van der Waals surface area contributed by atoms with E-state index in [1.165, 1.54) is 0 Å². The van der Waals surface area contributed by atoms with Gasteiger partial charge < -0.3 is 20.3 Å². The normalized spacial score (nSPS) is 16.8. The number of nitrogens with one attached hydrogen (secondary N) is 2. The first-order valence-electron chi connectivity index (χ1n) is 12.6. The second-order valence-electron chi connectivity index (χ2n) is 8.86. The molecule has 2 amide bonds. The Hall–Kier alpha value is -3.38. The average Bonchev–Trinajstić information content (AvgIpc) is 3.44. The van der Waals surface area contributed by atoms with Crippen molar-refractivity contribution in [2.24, 2.45) is 10.1 Å². The number of carbonyl (C=O) groups excluding carboxylic acids is 2. The monoisotopic (exact) mass is 568 g/mol. The Balaban J connectivity index is 1.96. The highest BCUT2D eigenvalue weighted by Gasteiger charge is 2.32. The summed E-state index contributed by atoms with van der Waals surface area (Å²) in [6.07, 6.45) is 0.0660. The van der Waals surface area contributed by atoms with Gasteiger partial charge in [0.1, 0.15) is 12.2 Å². The third-order valence-electron chi connectivity index (χ3n) is 6.28. The van der Waals surface area contributed by atoms with Crippen molar-refractivity contribution in [3.8, 4) is 0 Å². The van der Waals surface area contributed by atoms with E-state index in [-0.39, 0.29) is 16.5 Å². The van der Waals surface area contributed by atoms with Crippen molar-refractivity contribution >= 4 is 41.7 Å². The van der Waals surface area contributed by atoms with E-state index < -0.39 is 30.1 Å². The molecule has 2 N–H and O–H groups in total. The van der Waals surface area contributed by atoms with Gasteiger partial charge in [-0.3, -0.25) is 9.59 Å². The highest BCUT2D eigenvalue weighted by atomic mass is 35.5. The zero-order valence-corrected chi connectivity index (χ0v) is 22.7. The summed E-state index contributed by atoms with van der Waals surface area (Å²) in [5.41, 5.74) is 0.826. The largest absolute Gasteiger partial charge is 0.416 e. The lowest BCUT2D eigenvalue weighted by atomic mass is 10.1. The van der Waals surface area contributed by atoms with Crippen LogP contribution >= 0.6 is 11.6 Å². The SMILES string of the molecule is C=N/C(=N\N(CC(=O)Nc1ccc(C(F)(F)F)cc1Cl)C(=O)/C(=C(/CC)NC)N1CCCC1)C1=CCOCC1. The number of hydrogen-bond donors (Lipinski definition) is 2. The van der Waals surface area contributed by atoms with Gasteiger partial charge in [0.05, 0.1) is 29.5 Å². The fourth-order valence-corrected chi connectivity index (χ4v) is 4.52. The number of ether oxygens (including phenoxy) is 1. The van der Waals surface area contributed by atoms with Crippen LogP contribution in [0.1, 0.15) is 38.2 Å². The number of hydrogen-bond acceptors (Lipinski definition) is 6. The number of halogens is 4. The molecule has 2 aliphatic rings. The molecule has 1 fully saturated rings. The molecule has 0 aromatic heterocycles. The summed E-state index contributed by atoms with van der Waals surface area (Å²) in [5, 5.41) is 10.7. The summed E-state index contributed by atoms with van der Waals surface area (Å²) >= 11 is 6.01. The molecule has 13 heteroatoms. The van der Waals surface area contributed by atoms with E-state index in [0.717, 1.165) is 41.6 Å². The molecular weight excluding hydrogens is 537 g/mol. The Kier molecular flexibility index (Phi) is 10.5. The molecule has 0 spiro atoms. The number of aliphatic imine (C=N–C) groups is 1. The van der Waals surface area contributed by atoms with Gasteiger partial charge in [-0.25, -0.2) is 10.0 Å². The van der Waals surface area contributed by atoms with Gasteiger partial charge in [-0.15, -0.1) is 5.10 Å². The molecule has 9 nitrogen and oxygen atoms in total. The van der Waals surface area contributed by atoms with Gasteiger partial charge in [-0.05, 0) is 56.2 Å². The van der Waals surface area contributed by atoms with Crippen molar-refractivity contribution in [1.29, 1.82) is 0 Å². The van der Waals surface area contributed by atoms with Gasteiger partial charge in [0, 0.05) is 25.8 Å². The van der Waals surface area contributed by atoms with Gasteiger partial charge in [-0.1, -0.05) is 24.6 Å². The van der Waals surface area contributed by atoms with Crippen molar-refractivity contribution in [3.63, 3.8) is 0 Å². The smallest absolute Gasteiger partial charge is 0.390 e. The molecule has 1 aromatic rings. The predicted octanol–water partition coefficient (Wildman–Crippen LogP) is 4.42. The van der Waals surface area contributed by atoms with Crippen LogP contribution < -0.4 is 10.6 Å². The summed E-state index contributed by atoms with van der Waals surface area (Å²) in [6.45, 7) is 7.08. The van der Waals surface area contributed by atoms with E-state index in [4.69, 9.17) is 16.3 Å². The summed E-state index contributed by atoms with van der Waals surface area (Å²) in [5.74, 6) is -1.05. The Morgan fingerprint density at radius 2 is 1.97 bits per heavy atom. The topological polar surface area (TPSA) is 98.6 Å². The first kappa shape index (κ1) is 30.2. The number of alkyl halides is 3. The summed E-state index contributed by atoms with van der Waals surface area (Å²) in [4.78, 5) is 33.0. The molecule has 2 aliphatic heterocycles. The average molecular weight is 569 g/mol. The van der Waals surface area contributed by atoms with Crippen LogP contribution in [0.2, 0.25) is 5.02 Å². The number of nitrogens with zero attached hydrogens (tertiary/aromatic N) is 4. The summed E-state index contributed by atoms with van der Waals surface area (Å²) in [6, 6.07) is 2.60. The second kappa shape index (κ2) is 13.6. The van der Waals surface area contributed by atoms with Gasteiger partial charge >= 0.3 is 6.18 Å². The molecule has 0 saturated carbocycles. The van der Waals surface area contributed by atoms with E-state index >= 15 is 0 Å². The van der Waals surface area contributed by atoms with Gasteiger partial charge in [0.2, 0.25) is 5.91 Å². The number of carbonyl (C=O) groups is 2. The van der Waals surface area contributed by atoms with Crippen LogP contribution in [0.3, 0.4) is 0 Å². The van der Waals surface area contributed by atoms with Crippen molar-refractivity contribution in [3.05, 3.63) is 51.8 Å². The number of allylic oxidation sites excluding steroid dienone is 1. The molecule has 0 atom stereocenters. The Morgan fingerprint density at radius 1 is 1.26 bits per heavy atom. The zero-order valence-electron chi connectivity index (χ0n) is 21.9. The number of rotatable bonds is 9. The third kappa shape index (κ3) is 7.82. The summed E-state index contributed by atoms with van der Waals surface area (Å²) < 4.78 is 44.4. The van der Waals surface area contributed by atoms with Crippen LogP contribution in [0.4, 0.5) is 18.9 Å². The van der Waals surface area contributed by atoms with E-state index in [0.29, 0.717) is 50.5 Å². The number of amides is 2. The van der Waals surface area contributed by atoms with Crippen LogP contribution in [0.25, 0.3) is 0 Å². The number of benzene rings is 1. The molecule has 1 aromatic carbocycles. The van der Waals surface area contributed by atoms with E-state index in [1.807, 2.05) is 11.8 Å². The maximum atomic E-state index is 14.0. The molecule has 0 bridgehead atoms. The van der Waals surface area contributed by atoms with Crippen molar-refractivity contribution < 1.29 is 27.5 Å². The van der Waals surface area contributed by atoms with Crippen molar-refractivity contribution in [2.45, 2.75) is 38.8 Å². The van der Waals surface area contributed by atoms with Crippen LogP contribution in [0, 0.1) is 0 Å². The molecule has 2 heterocycles. The van der Waals surface area contributed by atoms with Crippen LogP contribution in [0.5, 0.6) is 0 Å². The number of amidine groups is 1. The molecule has 1 saturated heterocycles. The Bertz CT molecular complexity index is 1170. The number of anilines is 1. The highest BCUT2D eigenvalue weighted by Crippen LogP contribution is 2.33. The first-order valence-corrected chi connectivity index (χ1v) is 12.9. The lowest BCUT2D eigenvalue weighted by molar-refractivity contribution is -0.137. The third-order valence-corrected chi connectivity index (χ3v) is 6.59. The number of likely N-dealkylation sites (tertiary alicyclic amines) is 1. The first-order chi connectivity index (χ1) is 18.6. The fraction of sp³-hybridized carbons (Fsp3) is 0.462. The van der Waals surface area contributed by atoms with Crippen molar-refractivity contribution in [1.82, 2.24) is 15.2 Å².